The Morgan fingerprint density at radius 1 is 1.47 bits per heavy atom. The quantitative estimate of drug-likeness (QED) is 0.904. The van der Waals surface area contributed by atoms with Crippen molar-refractivity contribution >= 4 is 22.9 Å². The zero-order valence-corrected chi connectivity index (χ0v) is 12.0. The Balaban J connectivity index is 2.35. The van der Waals surface area contributed by atoms with Gasteiger partial charge in [-0.1, -0.05) is 17.8 Å². The van der Waals surface area contributed by atoms with E-state index in [0.717, 1.165) is 18.5 Å². The van der Waals surface area contributed by atoms with Crippen molar-refractivity contribution in [2.45, 2.75) is 32.7 Å². The fourth-order valence-corrected chi connectivity index (χ4v) is 3.53. The molecule has 2 heterocycles. The van der Waals surface area contributed by atoms with Crippen LogP contribution in [-0.4, -0.2) is 16.6 Å². The van der Waals surface area contributed by atoms with Crippen LogP contribution in [0.4, 0.5) is 0 Å². The molecule has 2 rings (SSSR count). The van der Waals surface area contributed by atoms with Crippen LogP contribution < -0.4 is 5.32 Å². The molecule has 0 saturated carbocycles. The minimum atomic E-state index is 0.239. The van der Waals surface area contributed by atoms with Crippen LogP contribution in [0.3, 0.4) is 0 Å². The summed E-state index contributed by atoms with van der Waals surface area (Å²) in [6.07, 6.45) is 2.12. The normalized spacial score (nSPS) is 12.9. The highest BCUT2D eigenvalue weighted by Gasteiger charge is 2.21. The topological polar surface area (TPSA) is 37.8 Å². The average molecular weight is 267 g/mol. The third-order valence-electron chi connectivity index (χ3n) is 2.83. The van der Waals surface area contributed by atoms with Crippen LogP contribution in [0, 0.1) is 6.92 Å². The zero-order valence-electron chi connectivity index (χ0n) is 10.4. The molecule has 0 aliphatic carbocycles. The molecule has 5 heteroatoms. The summed E-state index contributed by atoms with van der Waals surface area (Å²) in [5.41, 5.74) is 2.49. The molecule has 1 unspecified atom stereocenters. The molecule has 0 aliphatic rings. The van der Waals surface area contributed by atoms with E-state index < -0.39 is 0 Å². The molecule has 0 fully saturated rings. The van der Waals surface area contributed by atoms with Crippen LogP contribution in [0.25, 0.3) is 0 Å². The second-order valence-corrected chi connectivity index (χ2v) is 5.89. The molecule has 2 aromatic heterocycles. The fourth-order valence-electron chi connectivity index (χ4n) is 1.97. The van der Waals surface area contributed by atoms with Gasteiger partial charge in [0.05, 0.1) is 16.6 Å². The summed E-state index contributed by atoms with van der Waals surface area (Å²) in [6.45, 7) is 4.34. The van der Waals surface area contributed by atoms with Gasteiger partial charge in [0, 0.05) is 4.88 Å². The molecule has 0 saturated heterocycles. The first kappa shape index (κ1) is 12.7. The van der Waals surface area contributed by atoms with Gasteiger partial charge in [-0.15, -0.1) is 16.4 Å². The average Bonchev–Trinajstić information content (AvgIpc) is 2.92. The number of rotatable bonds is 5. The molecule has 1 atom stereocenters. The van der Waals surface area contributed by atoms with Gasteiger partial charge in [0.2, 0.25) is 0 Å². The molecule has 0 aromatic carbocycles. The summed E-state index contributed by atoms with van der Waals surface area (Å²) in [6, 6.07) is 2.43. The van der Waals surface area contributed by atoms with E-state index in [9.17, 15) is 0 Å². The van der Waals surface area contributed by atoms with Crippen molar-refractivity contribution in [2.75, 3.05) is 7.05 Å². The minimum Gasteiger partial charge on any atom is -0.309 e. The Bertz CT molecular complexity index is 476. The maximum absolute atomic E-state index is 4.25. The molecule has 0 aliphatic heterocycles. The molecule has 0 radical (unpaired) electrons. The zero-order chi connectivity index (χ0) is 12.3. The lowest BCUT2D eigenvalue weighted by molar-refractivity contribution is 0.687. The van der Waals surface area contributed by atoms with Gasteiger partial charge >= 0.3 is 0 Å². The predicted octanol–water partition coefficient (Wildman–Crippen LogP) is 3.17. The lowest BCUT2D eigenvalue weighted by Crippen LogP contribution is -2.18. The first-order valence-corrected chi connectivity index (χ1v) is 7.45. The van der Waals surface area contributed by atoms with Crippen LogP contribution >= 0.6 is 22.9 Å². The van der Waals surface area contributed by atoms with Gasteiger partial charge in [-0.05, 0) is 48.9 Å². The number of thiophene rings is 1. The van der Waals surface area contributed by atoms with Crippen molar-refractivity contribution in [1.82, 2.24) is 14.9 Å². The van der Waals surface area contributed by atoms with Crippen LogP contribution in [0.5, 0.6) is 0 Å². The highest BCUT2D eigenvalue weighted by Crippen LogP contribution is 2.31. The van der Waals surface area contributed by atoms with E-state index in [4.69, 9.17) is 0 Å². The third kappa shape index (κ3) is 2.56. The first-order chi connectivity index (χ1) is 8.27. The smallest absolute Gasteiger partial charge is 0.0807 e. The van der Waals surface area contributed by atoms with E-state index in [1.165, 1.54) is 26.9 Å². The van der Waals surface area contributed by atoms with Crippen molar-refractivity contribution in [3.63, 3.8) is 0 Å². The number of aryl methyl sites for hydroxylation is 2. The van der Waals surface area contributed by atoms with E-state index >= 15 is 0 Å². The largest absolute Gasteiger partial charge is 0.309 e. The van der Waals surface area contributed by atoms with E-state index in [1.54, 1.807) is 11.3 Å². The van der Waals surface area contributed by atoms with Crippen molar-refractivity contribution < 1.29 is 0 Å². The van der Waals surface area contributed by atoms with Crippen molar-refractivity contribution in [1.29, 1.82) is 0 Å². The van der Waals surface area contributed by atoms with Crippen molar-refractivity contribution in [2.24, 2.45) is 0 Å². The standard InChI is InChI=1S/C12H17N3S2/c1-4-5-10-12(17-15-14-10)11(13-3)9-6-7-16-8(9)2/h6-7,11,13H,4-5H2,1-3H3. The lowest BCUT2D eigenvalue weighted by Gasteiger charge is -2.15. The van der Waals surface area contributed by atoms with Gasteiger partial charge in [0.25, 0.3) is 0 Å². The number of hydrogen-bond acceptors (Lipinski definition) is 5. The molecule has 0 amide bonds. The molecule has 17 heavy (non-hydrogen) atoms. The molecule has 3 nitrogen and oxygen atoms in total. The maximum atomic E-state index is 4.25. The van der Waals surface area contributed by atoms with Gasteiger partial charge in [-0.3, -0.25) is 0 Å². The molecule has 2 aromatic rings. The molecule has 1 N–H and O–H groups in total. The van der Waals surface area contributed by atoms with E-state index in [0.29, 0.717) is 0 Å². The highest BCUT2D eigenvalue weighted by molar-refractivity contribution is 7.10. The Morgan fingerprint density at radius 3 is 2.88 bits per heavy atom. The Morgan fingerprint density at radius 2 is 2.29 bits per heavy atom. The predicted molar refractivity (Wildman–Crippen MR) is 73.9 cm³/mol. The SMILES string of the molecule is CCCc1nnsc1C(NC)c1ccsc1C. The third-order valence-corrected chi connectivity index (χ3v) is 4.53. The van der Waals surface area contributed by atoms with E-state index in [2.05, 4.69) is 40.2 Å². The van der Waals surface area contributed by atoms with Crippen LogP contribution in [0.15, 0.2) is 11.4 Å². The Kier molecular flexibility index (Phi) is 4.25. The summed E-state index contributed by atoms with van der Waals surface area (Å²) in [4.78, 5) is 2.62. The van der Waals surface area contributed by atoms with Gasteiger partial charge < -0.3 is 5.32 Å². The molecule has 92 valence electrons. The minimum absolute atomic E-state index is 0.239. The molecular weight excluding hydrogens is 250 g/mol. The monoisotopic (exact) mass is 267 g/mol. The number of aromatic nitrogens is 2. The summed E-state index contributed by atoms with van der Waals surface area (Å²) in [5, 5.41) is 9.77. The number of hydrogen-bond donors (Lipinski definition) is 1. The Hall–Kier alpha value is -0.780. The van der Waals surface area contributed by atoms with E-state index in [1.807, 2.05) is 7.05 Å². The first-order valence-electron chi connectivity index (χ1n) is 5.80. The fraction of sp³-hybridized carbons (Fsp3) is 0.500. The second-order valence-electron chi connectivity index (χ2n) is 3.99. The van der Waals surface area contributed by atoms with Gasteiger partial charge in [-0.2, -0.15) is 0 Å². The van der Waals surface area contributed by atoms with Crippen LogP contribution in [0.1, 0.15) is 40.4 Å². The second kappa shape index (κ2) is 5.71. The van der Waals surface area contributed by atoms with E-state index in [-0.39, 0.29) is 6.04 Å². The summed E-state index contributed by atoms with van der Waals surface area (Å²) in [7, 11) is 2.00. The summed E-state index contributed by atoms with van der Waals surface area (Å²) < 4.78 is 4.10. The lowest BCUT2D eigenvalue weighted by atomic mass is 10.0. The number of nitrogens with one attached hydrogen (secondary N) is 1. The van der Waals surface area contributed by atoms with Crippen LogP contribution in [0.2, 0.25) is 0 Å². The van der Waals surface area contributed by atoms with Gasteiger partial charge in [-0.25, -0.2) is 0 Å². The molecular formula is C12H17N3S2. The van der Waals surface area contributed by atoms with Crippen molar-refractivity contribution in [3.05, 3.63) is 32.5 Å². The highest BCUT2D eigenvalue weighted by atomic mass is 32.1. The van der Waals surface area contributed by atoms with Gasteiger partial charge in [0.15, 0.2) is 0 Å². The maximum Gasteiger partial charge on any atom is 0.0807 e. The summed E-state index contributed by atoms with van der Waals surface area (Å²) in [5.74, 6) is 0. The van der Waals surface area contributed by atoms with Crippen LogP contribution in [-0.2, 0) is 6.42 Å². The molecule has 0 spiro atoms. The van der Waals surface area contributed by atoms with Crippen molar-refractivity contribution in [3.8, 4) is 0 Å². The Labute approximate surface area is 110 Å². The summed E-state index contributed by atoms with van der Waals surface area (Å²) >= 11 is 3.30. The number of nitrogens with zero attached hydrogens (tertiary/aromatic N) is 2. The molecule has 0 bridgehead atoms. The van der Waals surface area contributed by atoms with Gasteiger partial charge in [0.1, 0.15) is 0 Å².